The zero-order valence-corrected chi connectivity index (χ0v) is 12.2. The van der Waals surface area contributed by atoms with Gasteiger partial charge in [0.2, 0.25) is 0 Å². The van der Waals surface area contributed by atoms with Crippen molar-refractivity contribution >= 4 is 44.3 Å². The Morgan fingerprint density at radius 2 is 2.27 bits per heavy atom. The molecule has 1 N–H and O–H groups in total. The Morgan fingerprint density at radius 3 is 2.87 bits per heavy atom. The first-order chi connectivity index (χ1) is 7.20. The van der Waals surface area contributed by atoms with Gasteiger partial charge in [-0.1, -0.05) is 0 Å². The quantitative estimate of drug-likeness (QED) is 0.360. The van der Waals surface area contributed by atoms with Crippen LogP contribution in [0.2, 0.25) is 0 Å². The van der Waals surface area contributed by atoms with Crippen LogP contribution in [-0.2, 0) is 0 Å². The highest BCUT2D eigenvalue weighted by molar-refractivity contribution is 8.45. The average molecular weight is 283 g/mol. The molecule has 86 valence electrons. The maximum absolute atomic E-state index is 5.12. The lowest BCUT2D eigenvalue weighted by atomic mass is 10.7. The summed E-state index contributed by atoms with van der Waals surface area (Å²) < 4.78 is 0.873. The van der Waals surface area contributed by atoms with E-state index in [1.54, 1.807) is 0 Å². The number of hydrogen-bond acceptors (Lipinski definition) is 5. The molecule has 0 aliphatic heterocycles. The fraction of sp³-hybridized carbons (Fsp3) is 0.750. The van der Waals surface area contributed by atoms with Crippen molar-refractivity contribution in [2.75, 3.05) is 37.9 Å². The van der Waals surface area contributed by atoms with E-state index in [0.717, 1.165) is 16.3 Å². The van der Waals surface area contributed by atoms with Crippen LogP contribution in [0.1, 0.15) is 0 Å². The van der Waals surface area contributed by atoms with Crippen molar-refractivity contribution in [2.24, 2.45) is 0 Å². The monoisotopic (exact) mass is 282 g/mol. The Morgan fingerprint density at radius 1 is 1.47 bits per heavy atom. The van der Waals surface area contributed by atoms with E-state index in [4.69, 9.17) is 12.2 Å². The van der Waals surface area contributed by atoms with E-state index in [9.17, 15) is 0 Å². The molecule has 1 atom stereocenters. The summed E-state index contributed by atoms with van der Waals surface area (Å²) in [5, 5.41) is 6.76. The van der Waals surface area contributed by atoms with E-state index in [2.05, 4.69) is 29.2 Å². The summed E-state index contributed by atoms with van der Waals surface area (Å²) in [4.78, 5) is 2.21. The molecular formula is C8H16N3S4+. The Bertz CT molecular complexity index is 320. The molecule has 1 unspecified atom stereocenters. The van der Waals surface area contributed by atoms with Crippen LogP contribution in [0.15, 0.2) is 5.51 Å². The lowest BCUT2D eigenvalue weighted by Crippen LogP contribution is -2.15. The molecule has 1 rings (SSSR count). The van der Waals surface area contributed by atoms with Gasteiger partial charge in [0.1, 0.15) is 0 Å². The van der Waals surface area contributed by atoms with Crippen molar-refractivity contribution in [1.82, 2.24) is 15.1 Å². The molecule has 0 aliphatic carbocycles. The molecule has 0 bridgehead atoms. The normalized spacial score (nSPS) is 12.3. The first kappa shape index (κ1) is 13.5. The number of aromatic amines is 1. The highest BCUT2D eigenvalue weighted by Gasteiger charge is 2.06. The van der Waals surface area contributed by atoms with Gasteiger partial charge < -0.3 is 4.90 Å². The van der Waals surface area contributed by atoms with Gasteiger partial charge in [0.05, 0.1) is 0 Å². The van der Waals surface area contributed by atoms with Crippen molar-refractivity contribution < 1.29 is 0 Å². The lowest BCUT2D eigenvalue weighted by Gasteiger charge is -2.07. The third-order valence-corrected chi connectivity index (χ3v) is 7.18. The Balaban J connectivity index is 2.03. The second-order valence-electron chi connectivity index (χ2n) is 3.17. The third kappa shape index (κ3) is 5.91. The molecule has 7 heteroatoms. The largest absolute Gasteiger partial charge is 0.384 e. The molecule has 1 heterocycles. The molecule has 0 radical (unpaired) electrons. The summed E-state index contributed by atoms with van der Waals surface area (Å²) in [7, 11) is 6.14. The zero-order chi connectivity index (χ0) is 11.1. The van der Waals surface area contributed by atoms with Crippen LogP contribution < -0.4 is 0 Å². The first-order valence-corrected chi connectivity index (χ1v) is 8.97. The molecule has 15 heavy (non-hydrogen) atoms. The van der Waals surface area contributed by atoms with Gasteiger partial charge in [0, 0.05) is 44.1 Å². The van der Waals surface area contributed by atoms with Crippen LogP contribution in [0.5, 0.6) is 0 Å². The summed E-state index contributed by atoms with van der Waals surface area (Å²) >= 11 is 7.12. The van der Waals surface area contributed by atoms with Gasteiger partial charge >= 0.3 is 3.95 Å². The van der Waals surface area contributed by atoms with Crippen molar-refractivity contribution in [3.8, 4) is 0 Å². The molecule has 0 aromatic carbocycles. The Labute approximate surface area is 106 Å². The number of H-pyrrole nitrogens is 1. The summed E-state index contributed by atoms with van der Waals surface area (Å²) in [6.07, 6.45) is 0. The number of aromatic nitrogens is 2. The summed E-state index contributed by atoms with van der Waals surface area (Å²) in [6, 6.07) is 0. The second-order valence-corrected chi connectivity index (χ2v) is 8.70. The number of nitrogens with zero attached hydrogens (tertiary/aromatic N) is 2. The van der Waals surface area contributed by atoms with Crippen LogP contribution in [0.3, 0.4) is 0 Å². The van der Waals surface area contributed by atoms with Gasteiger partial charge in [-0.2, -0.15) is 11.8 Å². The first-order valence-electron chi connectivity index (χ1n) is 4.62. The molecular weight excluding hydrogens is 266 g/mol. The van der Waals surface area contributed by atoms with Gasteiger partial charge in [0.15, 0.2) is 5.51 Å². The number of thioether (sulfide) groups is 1. The summed E-state index contributed by atoms with van der Waals surface area (Å²) in [5.41, 5.74) is 1.91. The minimum Gasteiger partial charge on any atom is -0.309 e. The molecule has 0 spiro atoms. The van der Waals surface area contributed by atoms with E-state index in [1.165, 1.54) is 11.5 Å². The van der Waals surface area contributed by atoms with Crippen LogP contribution in [0.4, 0.5) is 0 Å². The standard InChI is InChI=1S/C8H15N3S4/c1-11(2)3-4-13-5-6-14-15-7-9-10-8(15)12/h7H,3-6H2,1-2H3/p+1. The van der Waals surface area contributed by atoms with Crippen LogP contribution in [0.25, 0.3) is 0 Å². The predicted octanol–water partition coefficient (Wildman–Crippen LogP) is 2.68. The maximum atomic E-state index is 5.12. The SMILES string of the molecule is CN(C)CCSCCS[s+]1cn[nH]c1=S. The highest BCUT2D eigenvalue weighted by atomic mass is 33.1. The van der Waals surface area contributed by atoms with Gasteiger partial charge in [-0.15, -0.1) is 5.10 Å². The van der Waals surface area contributed by atoms with Crippen molar-refractivity contribution in [3.05, 3.63) is 9.46 Å². The minimum absolute atomic E-state index is 0.0354. The van der Waals surface area contributed by atoms with Crippen LogP contribution >= 0.6 is 44.3 Å². The van der Waals surface area contributed by atoms with Crippen LogP contribution in [0, 0.1) is 3.95 Å². The van der Waals surface area contributed by atoms with Gasteiger partial charge in [-0.05, 0) is 14.1 Å². The zero-order valence-electron chi connectivity index (χ0n) is 8.93. The molecule has 3 nitrogen and oxygen atoms in total. The lowest BCUT2D eigenvalue weighted by molar-refractivity contribution is 0.437. The summed E-state index contributed by atoms with van der Waals surface area (Å²) in [5.74, 6) is 3.55. The van der Waals surface area contributed by atoms with Gasteiger partial charge in [-0.25, -0.2) is 5.10 Å². The van der Waals surface area contributed by atoms with E-state index in [1.807, 2.05) is 28.1 Å². The van der Waals surface area contributed by atoms with Gasteiger partial charge in [0.25, 0.3) is 12.2 Å². The van der Waals surface area contributed by atoms with Gasteiger partial charge in [-0.3, -0.25) is 0 Å². The summed E-state index contributed by atoms with van der Waals surface area (Å²) in [6.45, 7) is 1.16. The van der Waals surface area contributed by atoms with Crippen molar-refractivity contribution in [1.29, 1.82) is 0 Å². The van der Waals surface area contributed by atoms with E-state index < -0.39 is 0 Å². The fourth-order valence-corrected chi connectivity index (χ4v) is 5.52. The molecule has 0 saturated carbocycles. The Hall–Kier alpha value is 0.440. The number of hydrogen-bond donors (Lipinski definition) is 1. The Kier molecular flexibility index (Phi) is 6.91. The van der Waals surface area contributed by atoms with Crippen molar-refractivity contribution in [3.63, 3.8) is 0 Å². The van der Waals surface area contributed by atoms with E-state index >= 15 is 0 Å². The number of nitrogens with one attached hydrogen (secondary N) is 1. The fourth-order valence-electron chi connectivity index (χ4n) is 0.836. The highest BCUT2D eigenvalue weighted by Crippen LogP contribution is 2.31. The molecule has 0 aliphatic rings. The molecule has 1 aromatic rings. The van der Waals surface area contributed by atoms with Crippen molar-refractivity contribution in [2.45, 2.75) is 0 Å². The van der Waals surface area contributed by atoms with Crippen LogP contribution in [-0.4, -0.2) is 53.0 Å². The maximum Gasteiger partial charge on any atom is 0.384 e. The minimum atomic E-state index is 0.0354. The topological polar surface area (TPSA) is 31.9 Å². The second kappa shape index (κ2) is 7.67. The molecule has 0 amide bonds. The molecule has 0 fully saturated rings. The predicted molar refractivity (Wildman–Crippen MR) is 75.6 cm³/mol. The average Bonchev–Trinajstić information content (AvgIpc) is 2.57. The number of rotatable bonds is 7. The third-order valence-electron chi connectivity index (χ3n) is 1.61. The van der Waals surface area contributed by atoms with E-state index in [-0.39, 0.29) is 9.50 Å². The molecule has 0 saturated heterocycles. The molecule has 1 aromatic heterocycles. The smallest absolute Gasteiger partial charge is 0.309 e. The van der Waals surface area contributed by atoms with E-state index in [0.29, 0.717) is 0 Å².